The predicted molar refractivity (Wildman–Crippen MR) is 67.8 cm³/mol. The second kappa shape index (κ2) is 5.45. The Balaban J connectivity index is 3.02. The number of nitrogens with one attached hydrogen (secondary N) is 1. The molecule has 0 saturated carbocycles. The molecule has 0 radical (unpaired) electrons. The van der Waals surface area contributed by atoms with E-state index in [1.165, 1.54) is 12.1 Å². The molecule has 3 nitrogen and oxygen atoms in total. The van der Waals surface area contributed by atoms with Gasteiger partial charge in [0.15, 0.2) is 0 Å². The first kappa shape index (κ1) is 13.2. The Labute approximate surface area is 103 Å². The van der Waals surface area contributed by atoms with Gasteiger partial charge in [0, 0.05) is 0 Å². The number of rotatable bonds is 4. The Morgan fingerprint density at radius 1 is 1.47 bits per heavy atom. The van der Waals surface area contributed by atoms with Crippen LogP contribution in [-0.4, -0.2) is 13.8 Å². The van der Waals surface area contributed by atoms with Crippen LogP contribution >= 0.6 is 34.1 Å². The first-order valence-electron chi connectivity index (χ1n) is 4.04. The van der Waals surface area contributed by atoms with Gasteiger partial charge in [0.25, 0.3) is 0 Å². The third kappa shape index (κ3) is 3.57. The van der Waals surface area contributed by atoms with E-state index in [0.717, 1.165) is 10.8 Å². The number of hydrogen-bond acceptors (Lipinski definition) is 4. The molecule has 0 amide bonds. The Morgan fingerprint density at radius 2 is 2.07 bits per heavy atom. The molecule has 0 spiro atoms. The molecule has 0 aromatic heterocycles. The van der Waals surface area contributed by atoms with Crippen molar-refractivity contribution in [2.75, 3.05) is 0 Å². The number of benzene rings is 1. The predicted octanol–water partition coefficient (Wildman–Crippen LogP) is 2.54. The maximum absolute atomic E-state index is 11.8. The van der Waals surface area contributed by atoms with Crippen LogP contribution in [0.3, 0.4) is 0 Å². The molecule has 1 rings (SSSR count). The van der Waals surface area contributed by atoms with Gasteiger partial charge in [-0.05, 0) is 19.1 Å². The van der Waals surface area contributed by atoms with E-state index in [1.807, 2.05) is 0 Å². The Morgan fingerprint density at radius 3 is 2.60 bits per heavy atom. The second-order valence-electron chi connectivity index (χ2n) is 2.80. The van der Waals surface area contributed by atoms with Crippen molar-refractivity contribution in [3.8, 4) is 0 Å². The summed E-state index contributed by atoms with van der Waals surface area (Å²) in [6.45, 7) is 1.70. The summed E-state index contributed by atoms with van der Waals surface area (Å²) in [5.41, 5.74) is 0. The molecule has 0 saturated heterocycles. The largest absolute Gasteiger partial charge is 0.243 e. The van der Waals surface area contributed by atoms with Gasteiger partial charge in [-0.25, -0.2) is 8.42 Å². The SMILES string of the molecule is CC(NS(=O)(=O)c1ccccc1Cl)SS. The van der Waals surface area contributed by atoms with Crippen molar-refractivity contribution in [3.63, 3.8) is 0 Å². The highest BCUT2D eigenvalue weighted by Gasteiger charge is 2.19. The highest BCUT2D eigenvalue weighted by atomic mass is 35.5. The summed E-state index contributed by atoms with van der Waals surface area (Å²) in [5.74, 6) is 0. The van der Waals surface area contributed by atoms with Crippen molar-refractivity contribution in [1.29, 1.82) is 0 Å². The molecule has 1 unspecified atom stereocenters. The quantitative estimate of drug-likeness (QED) is 0.507. The van der Waals surface area contributed by atoms with Gasteiger partial charge in [0.1, 0.15) is 4.90 Å². The minimum atomic E-state index is -3.55. The molecular formula is C8H10ClNO2S3. The van der Waals surface area contributed by atoms with E-state index >= 15 is 0 Å². The minimum absolute atomic E-state index is 0.0842. The highest BCUT2D eigenvalue weighted by Crippen LogP contribution is 2.22. The molecule has 15 heavy (non-hydrogen) atoms. The monoisotopic (exact) mass is 283 g/mol. The number of thiol groups is 1. The molecule has 0 aliphatic carbocycles. The zero-order valence-electron chi connectivity index (χ0n) is 7.84. The van der Waals surface area contributed by atoms with E-state index in [0.29, 0.717) is 0 Å². The number of halogens is 1. The zero-order valence-corrected chi connectivity index (χ0v) is 11.1. The molecule has 1 aromatic rings. The molecule has 0 fully saturated rings. The summed E-state index contributed by atoms with van der Waals surface area (Å²) in [7, 11) is -2.44. The van der Waals surface area contributed by atoms with E-state index < -0.39 is 10.0 Å². The molecule has 1 N–H and O–H groups in total. The van der Waals surface area contributed by atoms with E-state index in [1.54, 1.807) is 19.1 Å². The zero-order chi connectivity index (χ0) is 11.5. The van der Waals surface area contributed by atoms with Crippen LogP contribution in [0.4, 0.5) is 0 Å². The van der Waals surface area contributed by atoms with Gasteiger partial charge in [-0.1, -0.05) is 34.5 Å². The summed E-state index contributed by atoms with van der Waals surface area (Å²) in [5, 5.41) is -0.101. The minimum Gasteiger partial charge on any atom is -0.207 e. The van der Waals surface area contributed by atoms with Crippen molar-refractivity contribution in [1.82, 2.24) is 4.72 Å². The van der Waals surface area contributed by atoms with Gasteiger partial charge in [0.05, 0.1) is 10.4 Å². The summed E-state index contributed by atoms with van der Waals surface area (Å²) < 4.78 is 26.0. The van der Waals surface area contributed by atoms with Crippen LogP contribution in [0, 0.1) is 0 Å². The molecule has 0 bridgehead atoms. The van der Waals surface area contributed by atoms with Crippen molar-refractivity contribution in [3.05, 3.63) is 29.3 Å². The lowest BCUT2D eigenvalue weighted by molar-refractivity contribution is 0.581. The van der Waals surface area contributed by atoms with Gasteiger partial charge in [-0.3, -0.25) is 0 Å². The summed E-state index contributed by atoms with van der Waals surface area (Å²) >= 11 is 9.71. The van der Waals surface area contributed by atoms with Crippen molar-refractivity contribution in [2.45, 2.75) is 17.2 Å². The Kier molecular flexibility index (Phi) is 4.79. The number of sulfonamides is 1. The maximum Gasteiger partial charge on any atom is 0.243 e. The van der Waals surface area contributed by atoms with Crippen LogP contribution in [0.2, 0.25) is 5.02 Å². The average Bonchev–Trinajstić information content (AvgIpc) is 2.17. The third-order valence-electron chi connectivity index (χ3n) is 1.61. The van der Waals surface area contributed by atoms with Crippen LogP contribution in [0.1, 0.15) is 6.92 Å². The molecule has 1 aromatic carbocycles. The van der Waals surface area contributed by atoms with E-state index in [9.17, 15) is 8.42 Å². The highest BCUT2D eigenvalue weighted by molar-refractivity contribution is 8.68. The van der Waals surface area contributed by atoms with Crippen molar-refractivity contribution >= 4 is 44.1 Å². The fourth-order valence-corrected chi connectivity index (χ4v) is 3.49. The summed E-state index contributed by atoms with van der Waals surface area (Å²) in [6, 6.07) is 6.30. The van der Waals surface area contributed by atoms with Crippen LogP contribution < -0.4 is 4.72 Å². The van der Waals surface area contributed by atoms with E-state index in [4.69, 9.17) is 11.6 Å². The fourth-order valence-electron chi connectivity index (χ4n) is 0.966. The van der Waals surface area contributed by atoms with Gasteiger partial charge in [0.2, 0.25) is 10.0 Å². The van der Waals surface area contributed by atoms with Crippen LogP contribution in [0.25, 0.3) is 0 Å². The van der Waals surface area contributed by atoms with Crippen LogP contribution in [0.5, 0.6) is 0 Å². The molecular weight excluding hydrogens is 274 g/mol. The molecule has 0 heterocycles. The standard InChI is InChI=1S/C8H10ClNO2S3/c1-6(14-13)10-15(11,12)8-5-3-2-4-7(8)9/h2-6,10,13H,1H3. The summed E-state index contributed by atoms with van der Waals surface area (Å²) in [6.07, 6.45) is 0. The van der Waals surface area contributed by atoms with Gasteiger partial charge < -0.3 is 0 Å². The maximum atomic E-state index is 11.8. The molecule has 1 atom stereocenters. The first-order chi connectivity index (χ1) is 6.97. The van der Waals surface area contributed by atoms with Crippen LogP contribution in [0.15, 0.2) is 29.2 Å². The first-order valence-corrected chi connectivity index (χ1v) is 7.84. The normalized spacial score (nSPS) is 13.8. The Hall–Kier alpha value is 0.120. The molecule has 0 aliphatic heterocycles. The lowest BCUT2D eigenvalue weighted by Gasteiger charge is -2.11. The molecule has 0 aliphatic rings. The van der Waals surface area contributed by atoms with E-state index in [2.05, 4.69) is 16.4 Å². The number of hydrogen-bond donors (Lipinski definition) is 2. The second-order valence-corrected chi connectivity index (χ2v) is 6.44. The van der Waals surface area contributed by atoms with Gasteiger partial charge in [-0.2, -0.15) is 4.72 Å². The average molecular weight is 284 g/mol. The Bertz CT molecular complexity index is 435. The third-order valence-corrected chi connectivity index (χ3v) is 5.18. The van der Waals surface area contributed by atoms with Crippen molar-refractivity contribution < 1.29 is 8.42 Å². The van der Waals surface area contributed by atoms with Crippen molar-refractivity contribution in [2.24, 2.45) is 0 Å². The van der Waals surface area contributed by atoms with Gasteiger partial charge >= 0.3 is 0 Å². The summed E-state index contributed by atoms with van der Waals surface area (Å²) in [4.78, 5) is 0.0842. The van der Waals surface area contributed by atoms with E-state index in [-0.39, 0.29) is 15.3 Å². The topological polar surface area (TPSA) is 46.2 Å². The van der Waals surface area contributed by atoms with Gasteiger partial charge in [-0.15, -0.1) is 11.7 Å². The smallest absolute Gasteiger partial charge is 0.207 e. The molecule has 84 valence electrons. The lowest BCUT2D eigenvalue weighted by atomic mass is 10.4. The fraction of sp³-hybridized carbons (Fsp3) is 0.250. The molecule has 7 heteroatoms. The lowest BCUT2D eigenvalue weighted by Crippen LogP contribution is -2.29. The van der Waals surface area contributed by atoms with Crippen LogP contribution in [-0.2, 0) is 10.0 Å².